The van der Waals surface area contributed by atoms with Crippen LogP contribution < -0.4 is 0 Å². The van der Waals surface area contributed by atoms with Crippen LogP contribution in [0.3, 0.4) is 0 Å². The maximum absolute atomic E-state index is 5.36. The van der Waals surface area contributed by atoms with Crippen molar-refractivity contribution >= 4 is 0 Å². The lowest BCUT2D eigenvalue weighted by atomic mass is 9.87. The number of hydrogen-bond donors (Lipinski definition) is 0. The van der Waals surface area contributed by atoms with Crippen LogP contribution in [0.5, 0.6) is 0 Å². The molecule has 0 bridgehead atoms. The molecule has 1 aromatic carbocycles. The minimum Gasteiger partial charge on any atom is -0.378 e. The molecule has 108 valence electrons. The molecular weight excluding hydrogens is 246 g/mol. The van der Waals surface area contributed by atoms with Crippen LogP contribution in [0.1, 0.15) is 60.8 Å². The summed E-state index contributed by atoms with van der Waals surface area (Å²) in [6.45, 7) is 8.91. The average molecular weight is 271 g/mol. The highest BCUT2D eigenvalue weighted by Gasteiger charge is 2.32. The van der Waals surface area contributed by atoms with Gasteiger partial charge >= 0.3 is 0 Å². The molecule has 1 saturated carbocycles. The highest BCUT2D eigenvalue weighted by atomic mass is 16.5. The van der Waals surface area contributed by atoms with Crippen molar-refractivity contribution in [3.63, 3.8) is 0 Å². The van der Waals surface area contributed by atoms with Crippen molar-refractivity contribution in [2.75, 3.05) is 19.8 Å². The van der Waals surface area contributed by atoms with Gasteiger partial charge in [0.05, 0.1) is 19.3 Å². The van der Waals surface area contributed by atoms with Crippen molar-refractivity contribution < 1.29 is 4.74 Å². The lowest BCUT2D eigenvalue weighted by molar-refractivity contribution is -0.0695. The molecule has 1 saturated heterocycles. The molecule has 1 aliphatic carbocycles. The summed E-state index contributed by atoms with van der Waals surface area (Å²) < 4.78 is 5.36. The van der Waals surface area contributed by atoms with E-state index in [-0.39, 0.29) is 0 Å². The molecule has 0 unspecified atom stereocenters. The SMILES string of the molecule is CC(C)c1cc2c(cc1C1CC1)CN(C1COC1)CC2. The fourth-order valence-corrected chi connectivity index (χ4v) is 3.66. The van der Waals surface area contributed by atoms with Crippen LogP contribution in [-0.4, -0.2) is 30.7 Å². The Morgan fingerprint density at radius 1 is 1.15 bits per heavy atom. The van der Waals surface area contributed by atoms with Crippen molar-refractivity contribution in [2.24, 2.45) is 0 Å². The normalized spacial score (nSPS) is 23.8. The second kappa shape index (κ2) is 4.85. The van der Waals surface area contributed by atoms with Gasteiger partial charge in [-0.15, -0.1) is 0 Å². The van der Waals surface area contributed by atoms with Gasteiger partial charge in [-0.1, -0.05) is 26.0 Å². The zero-order valence-electron chi connectivity index (χ0n) is 12.7. The van der Waals surface area contributed by atoms with E-state index < -0.39 is 0 Å². The second-order valence-electron chi connectivity index (χ2n) is 7.09. The maximum atomic E-state index is 5.36. The maximum Gasteiger partial charge on any atom is 0.0645 e. The molecule has 1 aromatic rings. The van der Waals surface area contributed by atoms with Crippen LogP contribution in [-0.2, 0) is 17.7 Å². The van der Waals surface area contributed by atoms with Crippen LogP contribution in [0.15, 0.2) is 12.1 Å². The summed E-state index contributed by atoms with van der Waals surface area (Å²) in [4.78, 5) is 2.62. The first kappa shape index (κ1) is 12.8. The Morgan fingerprint density at radius 2 is 1.95 bits per heavy atom. The summed E-state index contributed by atoms with van der Waals surface area (Å²) in [6.07, 6.45) is 4.02. The molecule has 0 aromatic heterocycles. The third-order valence-electron chi connectivity index (χ3n) is 5.22. The lowest BCUT2D eigenvalue weighted by Crippen LogP contribution is -2.50. The Balaban J connectivity index is 1.65. The van der Waals surface area contributed by atoms with Gasteiger partial charge in [0.1, 0.15) is 0 Å². The largest absolute Gasteiger partial charge is 0.378 e. The molecule has 4 rings (SSSR count). The molecule has 3 aliphatic rings. The molecule has 2 heterocycles. The lowest BCUT2D eigenvalue weighted by Gasteiger charge is -2.40. The summed E-state index contributed by atoms with van der Waals surface area (Å²) in [7, 11) is 0. The van der Waals surface area contributed by atoms with Crippen molar-refractivity contribution in [2.45, 2.75) is 57.5 Å². The van der Waals surface area contributed by atoms with E-state index in [4.69, 9.17) is 4.74 Å². The zero-order chi connectivity index (χ0) is 13.7. The van der Waals surface area contributed by atoms with Crippen molar-refractivity contribution in [1.29, 1.82) is 0 Å². The smallest absolute Gasteiger partial charge is 0.0645 e. The summed E-state index contributed by atoms with van der Waals surface area (Å²) in [6, 6.07) is 5.76. The number of rotatable bonds is 3. The first-order valence-electron chi connectivity index (χ1n) is 8.19. The van der Waals surface area contributed by atoms with E-state index >= 15 is 0 Å². The third-order valence-corrected chi connectivity index (χ3v) is 5.22. The molecule has 2 heteroatoms. The van der Waals surface area contributed by atoms with Crippen LogP contribution in [0.4, 0.5) is 0 Å². The monoisotopic (exact) mass is 271 g/mol. The van der Waals surface area contributed by atoms with Crippen LogP contribution in [0.25, 0.3) is 0 Å². The predicted octanol–water partition coefficient (Wildman–Crippen LogP) is 3.44. The molecule has 2 nitrogen and oxygen atoms in total. The second-order valence-corrected chi connectivity index (χ2v) is 7.09. The molecule has 20 heavy (non-hydrogen) atoms. The predicted molar refractivity (Wildman–Crippen MR) is 81.2 cm³/mol. The fourth-order valence-electron chi connectivity index (χ4n) is 3.66. The van der Waals surface area contributed by atoms with E-state index in [1.807, 2.05) is 0 Å². The number of ether oxygens (including phenoxy) is 1. The van der Waals surface area contributed by atoms with E-state index in [0.717, 1.165) is 25.7 Å². The van der Waals surface area contributed by atoms with Crippen molar-refractivity contribution in [1.82, 2.24) is 4.90 Å². The van der Waals surface area contributed by atoms with Crippen LogP contribution >= 0.6 is 0 Å². The number of benzene rings is 1. The summed E-state index contributed by atoms with van der Waals surface area (Å²) in [5.74, 6) is 1.52. The molecule has 0 spiro atoms. The summed E-state index contributed by atoms with van der Waals surface area (Å²) in [5, 5.41) is 0. The quantitative estimate of drug-likeness (QED) is 0.835. The highest BCUT2D eigenvalue weighted by Crippen LogP contribution is 2.44. The Kier molecular flexibility index (Phi) is 3.12. The molecule has 2 fully saturated rings. The van der Waals surface area contributed by atoms with Gasteiger partial charge in [0.2, 0.25) is 0 Å². The molecule has 2 aliphatic heterocycles. The Morgan fingerprint density at radius 3 is 2.55 bits per heavy atom. The van der Waals surface area contributed by atoms with Crippen molar-refractivity contribution in [3.8, 4) is 0 Å². The van der Waals surface area contributed by atoms with E-state index in [9.17, 15) is 0 Å². The van der Waals surface area contributed by atoms with Crippen LogP contribution in [0, 0.1) is 0 Å². The van der Waals surface area contributed by atoms with E-state index in [1.54, 1.807) is 22.3 Å². The summed E-state index contributed by atoms with van der Waals surface area (Å²) >= 11 is 0. The molecule has 0 radical (unpaired) electrons. The van der Waals surface area contributed by atoms with E-state index in [1.165, 1.54) is 25.8 Å². The van der Waals surface area contributed by atoms with Gasteiger partial charge in [-0.25, -0.2) is 0 Å². The van der Waals surface area contributed by atoms with Gasteiger partial charge in [0.25, 0.3) is 0 Å². The molecule has 0 amide bonds. The minimum atomic E-state index is 0.661. The van der Waals surface area contributed by atoms with Crippen LogP contribution in [0.2, 0.25) is 0 Å². The van der Waals surface area contributed by atoms with Gasteiger partial charge in [0, 0.05) is 13.1 Å². The first-order valence-corrected chi connectivity index (χ1v) is 8.19. The fraction of sp³-hybridized carbons (Fsp3) is 0.667. The molecular formula is C18H25NO. The van der Waals surface area contributed by atoms with Gasteiger partial charge in [-0.3, -0.25) is 4.90 Å². The Labute approximate surface area is 122 Å². The topological polar surface area (TPSA) is 12.5 Å². The van der Waals surface area contributed by atoms with E-state index in [2.05, 4.69) is 30.9 Å². The number of fused-ring (bicyclic) bond motifs is 1. The Bertz CT molecular complexity index is 514. The highest BCUT2D eigenvalue weighted by molar-refractivity contribution is 5.44. The van der Waals surface area contributed by atoms with Gasteiger partial charge in [-0.05, 0) is 53.4 Å². The number of nitrogens with zero attached hydrogens (tertiary/aromatic N) is 1. The third kappa shape index (κ3) is 2.19. The van der Waals surface area contributed by atoms with Gasteiger partial charge in [0.15, 0.2) is 0 Å². The average Bonchev–Trinajstić information content (AvgIpc) is 3.19. The van der Waals surface area contributed by atoms with E-state index in [0.29, 0.717) is 12.0 Å². The minimum absolute atomic E-state index is 0.661. The molecule has 0 N–H and O–H groups in total. The van der Waals surface area contributed by atoms with Crippen molar-refractivity contribution in [3.05, 3.63) is 34.4 Å². The molecule has 0 atom stereocenters. The first-order chi connectivity index (χ1) is 9.72. The number of hydrogen-bond acceptors (Lipinski definition) is 2. The van der Waals surface area contributed by atoms with Gasteiger partial charge in [-0.2, -0.15) is 0 Å². The Hall–Kier alpha value is -0.860. The standard InChI is InChI=1S/C18H25NO/c1-12(2)17-7-14-5-6-19(16-10-20-11-16)9-15(14)8-18(17)13-3-4-13/h7-8,12-13,16H,3-6,9-11H2,1-2H3. The van der Waals surface area contributed by atoms with Gasteiger partial charge < -0.3 is 4.74 Å². The zero-order valence-corrected chi connectivity index (χ0v) is 12.7. The summed E-state index contributed by atoms with van der Waals surface area (Å²) in [5.41, 5.74) is 6.47.